The predicted octanol–water partition coefficient (Wildman–Crippen LogP) is 17.1. The van der Waals surface area contributed by atoms with E-state index < -0.39 is 5.41 Å². The van der Waals surface area contributed by atoms with Crippen LogP contribution in [-0.4, -0.2) is 0 Å². The molecule has 0 radical (unpaired) electrons. The lowest BCUT2D eigenvalue weighted by atomic mass is 9.67. The monoisotopic (exact) mass is 843 g/mol. The maximum Gasteiger partial charge on any atom is 0.137 e. The standard InChI is InChI=1S/C64H45NO/c1-63(2)55-36-32-44(42-18-6-3-7-19-42)38-53(55)52-35-34-49(41-58(52)63)65(59-30-17-31-61-62(59)54-39-45(33-37-60(54)66-61)43-20-8-4-9-21-43)48-25-16-24-47(40-48)64(46-22-10-5-11-23-46)56-28-14-12-26-50(56)51-27-13-15-29-57(51)64/h3-41H,1-2H3. The fourth-order valence-corrected chi connectivity index (χ4v) is 11.5. The van der Waals surface area contributed by atoms with Gasteiger partial charge in [-0.2, -0.15) is 0 Å². The molecule has 0 saturated carbocycles. The van der Waals surface area contributed by atoms with Crippen LogP contribution in [0.25, 0.3) is 66.4 Å². The predicted molar refractivity (Wildman–Crippen MR) is 274 cm³/mol. The number of hydrogen-bond donors (Lipinski definition) is 0. The van der Waals surface area contributed by atoms with E-state index in [0.717, 1.165) is 44.6 Å². The number of benzene rings is 10. The van der Waals surface area contributed by atoms with E-state index >= 15 is 0 Å². The highest BCUT2D eigenvalue weighted by Gasteiger charge is 2.46. The third-order valence-corrected chi connectivity index (χ3v) is 14.5. The van der Waals surface area contributed by atoms with Crippen molar-refractivity contribution in [1.29, 1.82) is 0 Å². The van der Waals surface area contributed by atoms with E-state index in [1.165, 1.54) is 72.3 Å². The van der Waals surface area contributed by atoms with Crippen LogP contribution in [0, 0.1) is 0 Å². The molecule has 0 aliphatic heterocycles. The Labute approximate surface area is 385 Å². The zero-order chi connectivity index (χ0) is 44.0. The minimum absolute atomic E-state index is 0.225. The van der Waals surface area contributed by atoms with Gasteiger partial charge in [0.05, 0.1) is 16.5 Å². The molecule has 0 atom stereocenters. The summed E-state index contributed by atoms with van der Waals surface area (Å²) in [5, 5.41) is 2.17. The summed E-state index contributed by atoms with van der Waals surface area (Å²) < 4.78 is 6.73. The lowest BCUT2D eigenvalue weighted by Crippen LogP contribution is -2.28. The zero-order valence-corrected chi connectivity index (χ0v) is 36.9. The second kappa shape index (κ2) is 14.7. The summed E-state index contributed by atoms with van der Waals surface area (Å²) in [6, 6.07) is 87.0. The van der Waals surface area contributed by atoms with Gasteiger partial charge >= 0.3 is 0 Å². The van der Waals surface area contributed by atoms with Crippen molar-refractivity contribution in [2.75, 3.05) is 4.90 Å². The van der Waals surface area contributed by atoms with E-state index in [2.05, 4.69) is 255 Å². The molecule has 0 saturated heterocycles. The van der Waals surface area contributed by atoms with Crippen molar-refractivity contribution >= 4 is 39.0 Å². The molecule has 0 spiro atoms. The first-order valence-electron chi connectivity index (χ1n) is 23.0. The summed E-state index contributed by atoms with van der Waals surface area (Å²) in [4.78, 5) is 2.48. The summed E-state index contributed by atoms with van der Waals surface area (Å²) in [6.07, 6.45) is 0. The van der Waals surface area contributed by atoms with Gasteiger partial charge in [0.15, 0.2) is 0 Å². The Bertz CT molecular complexity index is 3630. The molecule has 0 fully saturated rings. The quantitative estimate of drug-likeness (QED) is 0.159. The van der Waals surface area contributed by atoms with Crippen molar-refractivity contribution < 1.29 is 4.42 Å². The van der Waals surface area contributed by atoms with Crippen molar-refractivity contribution in [2.45, 2.75) is 24.7 Å². The molecule has 1 aromatic heterocycles. The average molecular weight is 844 g/mol. The van der Waals surface area contributed by atoms with Crippen LogP contribution >= 0.6 is 0 Å². The summed E-state index contributed by atoms with van der Waals surface area (Å²) in [7, 11) is 0. The molecule has 0 unspecified atom stereocenters. The van der Waals surface area contributed by atoms with Crippen molar-refractivity contribution in [3.8, 4) is 44.5 Å². The molecule has 2 aliphatic rings. The van der Waals surface area contributed by atoms with E-state index in [1.54, 1.807) is 0 Å². The number of hydrogen-bond acceptors (Lipinski definition) is 2. The molecule has 13 rings (SSSR count). The van der Waals surface area contributed by atoms with Crippen molar-refractivity contribution in [1.82, 2.24) is 0 Å². The Morgan fingerprint density at radius 2 is 0.924 bits per heavy atom. The molecule has 0 amide bonds. The third kappa shape index (κ3) is 5.61. The molecule has 1 heterocycles. The van der Waals surface area contributed by atoms with Gasteiger partial charge in [-0.15, -0.1) is 0 Å². The fraction of sp³-hybridized carbons (Fsp3) is 0.0625. The van der Waals surface area contributed by atoms with Gasteiger partial charge in [0.2, 0.25) is 0 Å². The van der Waals surface area contributed by atoms with Crippen LogP contribution in [0.3, 0.4) is 0 Å². The maximum atomic E-state index is 6.73. The fourth-order valence-electron chi connectivity index (χ4n) is 11.5. The lowest BCUT2D eigenvalue weighted by molar-refractivity contribution is 0.660. The van der Waals surface area contributed by atoms with Gasteiger partial charge in [0.1, 0.15) is 11.2 Å². The summed E-state index contributed by atoms with van der Waals surface area (Å²) >= 11 is 0. The van der Waals surface area contributed by atoms with Crippen LogP contribution in [0.4, 0.5) is 17.1 Å². The van der Waals surface area contributed by atoms with Crippen molar-refractivity contribution in [3.63, 3.8) is 0 Å². The Morgan fingerprint density at radius 3 is 1.64 bits per heavy atom. The largest absolute Gasteiger partial charge is 0.456 e. The number of furan rings is 1. The first-order chi connectivity index (χ1) is 32.5. The summed E-state index contributed by atoms with van der Waals surface area (Å²) in [6.45, 7) is 4.76. The van der Waals surface area contributed by atoms with Gasteiger partial charge in [-0.05, 0) is 132 Å². The molecule has 10 aromatic carbocycles. The highest BCUT2D eigenvalue weighted by atomic mass is 16.3. The summed E-state index contributed by atoms with van der Waals surface area (Å²) in [5.74, 6) is 0. The maximum absolute atomic E-state index is 6.73. The van der Waals surface area contributed by atoms with Crippen LogP contribution in [-0.2, 0) is 10.8 Å². The highest BCUT2D eigenvalue weighted by Crippen LogP contribution is 2.57. The number of nitrogens with zero attached hydrogens (tertiary/aromatic N) is 1. The van der Waals surface area contributed by atoms with Gasteiger partial charge in [-0.1, -0.05) is 196 Å². The summed E-state index contributed by atoms with van der Waals surface area (Å²) in [5.41, 5.74) is 21.8. The molecule has 2 nitrogen and oxygen atoms in total. The number of fused-ring (bicyclic) bond motifs is 9. The Balaban J connectivity index is 1.07. The van der Waals surface area contributed by atoms with E-state index in [1.807, 2.05) is 0 Å². The van der Waals surface area contributed by atoms with Crippen LogP contribution in [0.15, 0.2) is 241 Å². The molecular formula is C64H45NO. The molecule has 2 aliphatic carbocycles. The lowest BCUT2D eigenvalue weighted by Gasteiger charge is -2.35. The molecular weight excluding hydrogens is 799 g/mol. The first kappa shape index (κ1) is 38.3. The van der Waals surface area contributed by atoms with Crippen LogP contribution in [0.1, 0.15) is 47.2 Å². The van der Waals surface area contributed by atoms with Gasteiger partial charge in [-0.3, -0.25) is 0 Å². The normalized spacial score (nSPS) is 13.8. The second-order valence-corrected chi connectivity index (χ2v) is 18.4. The minimum Gasteiger partial charge on any atom is -0.456 e. The first-order valence-corrected chi connectivity index (χ1v) is 23.0. The third-order valence-electron chi connectivity index (χ3n) is 14.5. The molecule has 312 valence electrons. The van der Waals surface area contributed by atoms with Crippen LogP contribution < -0.4 is 4.90 Å². The SMILES string of the molecule is CC1(C)c2ccc(-c3ccccc3)cc2-c2ccc(N(c3cccc(C4(c5ccccc5)c5ccccc5-c5ccccc54)c3)c3cccc4oc5ccc(-c6ccccc6)cc5c34)cc21. The van der Waals surface area contributed by atoms with Gasteiger partial charge in [-0.25, -0.2) is 0 Å². The molecule has 0 bridgehead atoms. The molecule has 0 N–H and O–H groups in total. The molecule has 2 heteroatoms. The average Bonchev–Trinajstić information content (AvgIpc) is 3.98. The van der Waals surface area contributed by atoms with Crippen molar-refractivity contribution in [2.24, 2.45) is 0 Å². The molecule has 11 aromatic rings. The molecule has 66 heavy (non-hydrogen) atoms. The van der Waals surface area contributed by atoms with Crippen LogP contribution in [0.5, 0.6) is 0 Å². The van der Waals surface area contributed by atoms with Crippen LogP contribution in [0.2, 0.25) is 0 Å². The number of rotatable bonds is 7. The Hall–Kier alpha value is -8.20. The number of anilines is 3. The van der Waals surface area contributed by atoms with E-state index in [9.17, 15) is 0 Å². The van der Waals surface area contributed by atoms with Gasteiger partial charge in [0.25, 0.3) is 0 Å². The highest BCUT2D eigenvalue weighted by molar-refractivity contribution is 6.14. The second-order valence-electron chi connectivity index (χ2n) is 18.4. The van der Waals surface area contributed by atoms with Crippen molar-refractivity contribution in [3.05, 3.63) is 270 Å². The Kier molecular flexibility index (Phi) is 8.51. The van der Waals surface area contributed by atoms with E-state index in [-0.39, 0.29) is 5.41 Å². The Morgan fingerprint density at radius 1 is 0.348 bits per heavy atom. The topological polar surface area (TPSA) is 16.4 Å². The minimum atomic E-state index is -0.549. The van der Waals surface area contributed by atoms with E-state index in [0.29, 0.717) is 0 Å². The van der Waals surface area contributed by atoms with Gasteiger partial charge in [0, 0.05) is 22.2 Å². The smallest absolute Gasteiger partial charge is 0.137 e. The van der Waals surface area contributed by atoms with E-state index in [4.69, 9.17) is 4.42 Å². The van der Waals surface area contributed by atoms with Gasteiger partial charge < -0.3 is 9.32 Å². The zero-order valence-electron chi connectivity index (χ0n) is 36.9.